The fourth-order valence-corrected chi connectivity index (χ4v) is 2.07. The van der Waals surface area contributed by atoms with Gasteiger partial charge in [0, 0.05) is 5.56 Å². The first kappa shape index (κ1) is 16.4. The maximum absolute atomic E-state index is 11.9. The number of aromatic amines is 1. The number of hydrogen-bond acceptors (Lipinski definition) is 6. The van der Waals surface area contributed by atoms with Crippen molar-refractivity contribution >= 4 is 17.3 Å². The third-order valence-corrected chi connectivity index (χ3v) is 3.28. The van der Waals surface area contributed by atoms with E-state index in [1.165, 1.54) is 6.92 Å². The highest BCUT2D eigenvalue weighted by Gasteiger charge is 2.18. The number of carbonyl (C=O) groups is 1. The van der Waals surface area contributed by atoms with E-state index in [0.29, 0.717) is 11.3 Å². The van der Waals surface area contributed by atoms with E-state index in [9.17, 15) is 19.8 Å². The normalized spacial score (nSPS) is 12.5. The van der Waals surface area contributed by atoms with Crippen LogP contribution in [0.25, 0.3) is 0 Å². The lowest BCUT2D eigenvalue weighted by atomic mass is 10.1. The molecule has 0 fully saturated rings. The molecule has 0 aliphatic heterocycles. The highest BCUT2D eigenvalue weighted by atomic mass is 16.3. The fraction of sp³-hybridized carbons (Fsp3) is 0.200. The summed E-state index contributed by atoms with van der Waals surface area (Å²) in [4.78, 5) is 25.3. The number of nitrogens with zero attached hydrogens (tertiary/aromatic N) is 2. The maximum atomic E-state index is 11.9. The van der Waals surface area contributed by atoms with Gasteiger partial charge in [-0.25, -0.2) is 0 Å². The quantitative estimate of drug-likeness (QED) is 0.639. The smallest absolute Gasteiger partial charge is 0.278 e. The van der Waals surface area contributed by atoms with E-state index in [1.54, 1.807) is 31.2 Å². The van der Waals surface area contributed by atoms with E-state index in [2.05, 4.69) is 15.2 Å². The summed E-state index contributed by atoms with van der Waals surface area (Å²) in [5, 5.41) is 26.9. The maximum Gasteiger partial charge on any atom is 0.278 e. The summed E-state index contributed by atoms with van der Waals surface area (Å²) in [6.45, 7) is 3.06. The number of amides is 1. The van der Waals surface area contributed by atoms with Gasteiger partial charge in [0.05, 0.1) is 11.8 Å². The van der Waals surface area contributed by atoms with Crippen molar-refractivity contribution in [1.29, 1.82) is 0 Å². The number of benzene rings is 1. The van der Waals surface area contributed by atoms with Gasteiger partial charge in [0.2, 0.25) is 5.88 Å². The van der Waals surface area contributed by atoms with Crippen LogP contribution < -0.4 is 11.3 Å². The molecule has 5 N–H and O–H groups in total. The first-order valence-corrected chi connectivity index (χ1v) is 6.76. The van der Waals surface area contributed by atoms with Crippen molar-refractivity contribution in [2.75, 3.05) is 0 Å². The number of aliphatic hydroxyl groups excluding tert-OH is 1. The van der Waals surface area contributed by atoms with Gasteiger partial charge in [-0.05, 0) is 31.5 Å². The van der Waals surface area contributed by atoms with Gasteiger partial charge >= 0.3 is 0 Å². The van der Waals surface area contributed by atoms with Crippen molar-refractivity contribution in [2.24, 2.45) is 16.0 Å². The van der Waals surface area contributed by atoms with Crippen molar-refractivity contribution in [3.05, 3.63) is 51.3 Å². The molecule has 0 aliphatic carbocycles. The van der Waals surface area contributed by atoms with E-state index in [1.807, 2.05) is 0 Å². The fourth-order valence-electron chi connectivity index (χ4n) is 2.07. The molecule has 1 atom stereocenters. The minimum absolute atomic E-state index is 0.126. The molecule has 8 nitrogen and oxygen atoms in total. The number of nitrogens with two attached hydrogens (primary N) is 1. The second-order valence-electron chi connectivity index (χ2n) is 4.99. The Labute approximate surface area is 131 Å². The highest BCUT2D eigenvalue weighted by molar-refractivity contribution is 5.97. The second-order valence-corrected chi connectivity index (χ2v) is 4.99. The Morgan fingerprint density at radius 3 is 2.65 bits per heavy atom. The summed E-state index contributed by atoms with van der Waals surface area (Å²) in [5.41, 5.74) is 5.35. The van der Waals surface area contributed by atoms with E-state index in [4.69, 9.17) is 5.73 Å². The minimum atomic E-state index is -0.885. The number of carbonyl (C=O) groups excluding carboxylic acids is 1. The second kappa shape index (κ2) is 6.41. The van der Waals surface area contributed by atoms with Gasteiger partial charge in [0.1, 0.15) is 5.56 Å². The predicted octanol–water partition coefficient (Wildman–Crippen LogP) is 1.96. The first-order valence-electron chi connectivity index (χ1n) is 6.76. The van der Waals surface area contributed by atoms with Crippen LogP contribution in [-0.4, -0.2) is 21.1 Å². The molecule has 1 unspecified atom stereocenters. The van der Waals surface area contributed by atoms with Gasteiger partial charge in [-0.3, -0.25) is 14.6 Å². The molecule has 0 saturated carbocycles. The van der Waals surface area contributed by atoms with Gasteiger partial charge < -0.3 is 15.9 Å². The molecule has 0 saturated heterocycles. The number of primary amides is 1. The number of H-pyrrole nitrogens is 1. The predicted molar refractivity (Wildman–Crippen MR) is 83.2 cm³/mol. The standard InChI is InChI=1S/C15H16N4O4/c1-7-11(13(16)21)14(22)17-15(23)12(7)19-18-10-5-3-4-9(6-10)8(2)20/h3-6,8,20H,1-2H3,(H2,16,21)(H2,17,22,23). The Morgan fingerprint density at radius 1 is 1.35 bits per heavy atom. The molecule has 0 bridgehead atoms. The van der Waals surface area contributed by atoms with Gasteiger partial charge in [0.25, 0.3) is 11.5 Å². The van der Waals surface area contributed by atoms with E-state index < -0.39 is 23.5 Å². The van der Waals surface area contributed by atoms with Crippen LogP contribution in [0.2, 0.25) is 0 Å². The SMILES string of the molecule is Cc1c(C(N)=O)c(O)[nH]c(=O)c1N=Nc1cccc(C(C)O)c1. The molecule has 120 valence electrons. The van der Waals surface area contributed by atoms with Crippen LogP contribution in [-0.2, 0) is 0 Å². The van der Waals surface area contributed by atoms with Crippen molar-refractivity contribution in [3.63, 3.8) is 0 Å². The Hall–Kier alpha value is -3.00. The van der Waals surface area contributed by atoms with Crippen LogP contribution in [0.5, 0.6) is 5.88 Å². The number of aromatic hydroxyl groups is 1. The summed E-state index contributed by atoms with van der Waals surface area (Å²) < 4.78 is 0. The highest BCUT2D eigenvalue weighted by Crippen LogP contribution is 2.26. The summed E-state index contributed by atoms with van der Waals surface area (Å²) in [7, 11) is 0. The van der Waals surface area contributed by atoms with Crippen LogP contribution in [0, 0.1) is 6.92 Å². The van der Waals surface area contributed by atoms with Crippen molar-refractivity contribution in [1.82, 2.24) is 4.98 Å². The molecular weight excluding hydrogens is 300 g/mol. The monoisotopic (exact) mass is 316 g/mol. The molecule has 0 spiro atoms. The molecular formula is C15H16N4O4. The molecule has 1 heterocycles. The Kier molecular flexibility index (Phi) is 4.56. The van der Waals surface area contributed by atoms with Crippen molar-refractivity contribution < 1.29 is 15.0 Å². The Morgan fingerprint density at radius 2 is 2.04 bits per heavy atom. The Bertz CT molecular complexity index is 840. The molecule has 1 aromatic heterocycles. The largest absolute Gasteiger partial charge is 0.494 e. The molecule has 2 rings (SSSR count). The zero-order valence-electron chi connectivity index (χ0n) is 12.6. The zero-order chi connectivity index (χ0) is 17.1. The average Bonchev–Trinajstić information content (AvgIpc) is 2.46. The number of rotatable bonds is 4. The minimum Gasteiger partial charge on any atom is -0.494 e. The van der Waals surface area contributed by atoms with Gasteiger partial charge in [-0.1, -0.05) is 12.1 Å². The van der Waals surface area contributed by atoms with Crippen LogP contribution in [0.1, 0.15) is 34.5 Å². The number of hydrogen-bond donors (Lipinski definition) is 4. The lowest BCUT2D eigenvalue weighted by Gasteiger charge is -2.06. The number of aromatic nitrogens is 1. The molecule has 0 aliphatic rings. The van der Waals surface area contributed by atoms with Gasteiger partial charge in [0.15, 0.2) is 5.69 Å². The third-order valence-electron chi connectivity index (χ3n) is 3.28. The van der Waals surface area contributed by atoms with Gasteiger partial charge in [-0.15, -0.1) is 5.11 Å². The van der Waals surface area contributed by atoms with E-state index in [0.717, 1.165) is 0 Å². The molecule has 1 aromatic carbocycles. The molecule has 1 amide bonds. The Balaban J connectivity index is 2.48. The first-order chi connectivity index (χ1) is 10.8. The molecule has 8 heteroatoms. The lowest BCUT2D eigenvalue weighted by Crippen LogP contribution is -2.18. The van der Waals surface area contributed by atoms with Gasteiger partial charge in [-0.2, -0.15) is 5.11 Å². The van der Waals surface area contributed by atoms with Crippen LogP contribution >= 0.6 is 0 Å². The number of aliphatic hydroxyl groups is 1. The number of nitrogens with one attached hydrogen (secondary N) is 1. The summed E-state index contributed by atoms with van der Waals surface area (Å²) in [5.74, 6) is -1.49. The summed E-state index contributed by atoms with van der Waals surface area (Å²) in [6.07, 6.45) is -0.662. The molecule has 0 radical (unpaired) electrons. The molecule has 2 aromatic rings. The summed E-state index contributed by atoms with van der Waals surface area (Å²) >= 11 is 0. The molecule has 23 heavy (non-hydrogen) atoms. The van der Waals surface area contributed by atoms with Crippen molar-refractivity contribution in [2.45, 2.75) is 20.0 Å². The lowest BCUT2D eigenvalue weighted by molar-refractivity contribution is 0.0996. The van der Waals surface area contributed by atoms with Crippen LogP contribution in [0.3, 0.4) is 0 Å². The number of azo groups is 1. The topological polar surface area (TPSA) is 141 Å². The van der Waals surface area contributed by atoms with Crippen molar-refractivity contribution in [3.8, 4) is 5.88 Å². The van der Waals surface area contributed by atoms with Crippen LogP contribution in [0.4, 0.5) is 11.4 Å². The average molecular weight is 316 g/mol. The van der Waals surface area contributed by atoms with E-state index >= 15 is 0 Å². The van der Waals surface area contributed by atoms with Crippen LogP contribution in [0.15, 0.2) is 39.3 Å². The summed E-state index contributed by atoms with van der Waals surface area (Å²) in [6, 6.07) is 6.69. The third kappa shape index (κ3) is 3.43. The van der Waals surface area contributed by atoms with E-state index in [-0.39, 0.29) is 16.8 Å². The zero-order valence-corrected chi connectivity index (χ0v) is 12.6. The number of pyridine rings is 1.